The number of morpholine rings is 1. The molecule has 2 aliphatic heterocycles. The van der Waals surface area contributed by atoms with Crippen LogP contribution in [-0.2, 0) is 19.1 Å². The molecule has 0 aromatic carbocycles. The van der Waals surface area contributed by atoms with E-state index in [2.05, 4.69) is 5.32 Å². The molecular weight excluding hydrogens is 298 g/mol. The molecule has 23 heavy (non-hydrogen) atoms. The number of hydrogen-bond acceptors (Lipinski definition) is 5. The van der Waals surface area contributed by atoms with Crippen LogP contribution in [0.5, 0.6) is 0 Å². The molecule has 7 heteroatoms. The molecule has 1 N–H and O–H groups in total. The van der Waals surface area contributed by atoms with Crippen LogP contribution in [0.2, 0.25) is 0 Å². The summed E-state index contributed by atoms with van der Waals surface area (Å²) in [7, 11) is 3.54. The van der Waals surface area contributed by atoms with Crippen molar-refractivity contribution in [1.82, 2.24) is 15.1 Å². The molecule has 1 spiro atoms. The molecule has 2 aliphatic rings. The summed E-state index contributed by atoms with van der Waals surface area (Å²) in [4.78, 5) is 28.1. The number of likely N-dealkylation sites (N-methyl/N-ethyl adjacent to an activating group) is 1. The Morgan fingerprint density at radius 3 is 2.61 bits per heavy atom. The third-order valence-corrected chi connectivity index (χ3v) is 4.42. The van der Waals surface area contributed by atoms with Gasteiger partial charge in [0.15, 0.2) is 0 Å². The summed E-state index contributed by atoms with van der Waals surface area (Å²) in [6.45, 7) is 7.38. The van der Waals surface area contributed by atoms with E-state index in [1.807, 2.05) is 30.7 Å². The Kier molecular flexibility index (Phi) is 6.00. The van der Waals surface area contributed by atoms with Gasteiger partial charge in [0.1, 0.15) is 11.6 Å². The van der Waals surface area contributed by atoms with Crippen molar-refractivity contribution in [1.29, 1.82) is 0 Å². The van der Waals surface area contributed by atoms with Crippen LogP contribution in [0.1, 0.15) is 20.3 Å². The van der Waals surface area contributed by atoms with Gasteiger partial charge in [-0.2, -0.15) is 0 Å². The first-order valence-corrected chi connectivity index (χ1v) is 8.25. The summed E-state index contributed by atoms with van der Waals surface area (Å²) in [6.07, 6.45) is 0.580. The predicted octanol–water partition coefficient (Wildman–Crippen LogP) is -0.293. The highest BCUT2D eigenvalue weighted by molar-refractivity contribution is 5.82. The highest BCUT2D eigenvalue weighted by atomic mass is 16.5. The zero-order valence-electron chi connectivity index (χ0n) is 14.6. The van der Waals surface area contributed by atoms with Crippen LogP contribution in [0, 0.1) is 5.92 Å². The quantitative estimate of drug-likeness (QED) is 0.679. The lowest BCUT2D eigenvalue weighted by atomic mass is 9.90. The van der Waals surface area contributed by atoms with E-state index in [0.717, 1.165) is 0 Å². The molecule has 0 aromatic rings. The molecule has 0 radical (unpaired) electrons. The smallest absolute Gasteiger partial charge is 0.239 e. The average Bonchev–Trinajstić information content (AvgIpc) is 2.43. The summed E-state index contributed by atoms with van der Waals surface area (Å²) in [5.41, 5.74) is -0.301. The molecule has 0 unspecified atom stereocenters. The van der Waals surface area contributed by atoms with E-state index in [-0.39, 0.29) is 23.5 Å². The summed E-state index contributed by atoms with van der Waals surface area (Å²) in [5.74, 6) is 0.525. The minimum atomic E-state index is -0.301. The number of likely N-dealkylation sites (tertiary alicyclic amines) is 1. The molecule has 2 rings (SSSR count). The Morgan fingerprint density at radius 2 is 2.04 bits per heavy atom. The number of nitrogens with zero attached hydrogens (tertiary/aromatic N) is 2. The van der Waals surface area contributed by atoms with Crippen molar-refractivity contribution < 1.29 is 19.1 Å². The lowest BCUT2D eigenvalue weighted by molar-refractivity contribution is -0.201. The fourth-order valence-electron chi connectivity index (χ4n) is 3.16. The minimum absolute atomic E-state index is 0.0357. The third kappa shape index (κ3) is 4.43. The van der Waals surface area contributed by atoms with Gasteiger partial charge >= 0.3 is 0 Å². The number of methoxy groups -OCH3 is 1. The van der Waals surface area contributed by atoms with Crippen molar-refractivity contribution in [2.24, 2.45) is 5.92 Å². The van der Waals surface area contributed by atoms with Gasteiger partial charge in [0, 0.05) is 26.6 Å². The van der Waals surface area contributed by atoms with Crippen molar-refractivity contribution in [2.45, 2.75) is 31.9 Å². The number of hydrogen-bond donors (Lipinski definition) is 1. The second-order valence-electron chi connectivity index (χ2n) is 7.06. The standard InChI is InChI=1S/C16H29N3O4/c1-12(2)7-14(20)19-10-16(11-19)9-18(3)13(8-23-16)15(21)17-5-6-22-4/h12-13H,5-11H2,1-4H3,(H,17,21)/t13-/m1/s1. The number of carbonyl (C=O) groups is 2. The van der Waals surface area contributed by atoms with E-state index in [4.69, 9.17) is 9.47 Å². The number of rotatable bonds is 6. The fourth-order valence-corrected chi connectivity index (χ4v) is 3.16. The SMILES string of the molecule is COCCNC(=O)[C@H]1COC2(CN(C(=O)CC(C)C)C2)CN1C. The summed E-state index contributed by atoms with van der Waals surface area (Å²) < 4.78 is 10.9. The van der Waals surface area contributed by atoms with E-state index in [0.29, 0.717) is 51.7 Å². The molecule has 2 fully saturated rings. The molecule has 0 aromatic heterocycles. The van der Waals surface area contributed by atoms with Gasteiger partial charge < -0.3 is 19.7 Å². The van der Waals surface area contributed by atoms with Gasteiger partial charge in [-0.1, -0.05) is 13.8 Å². The maximum atomic E-state index is 12.1. The number of ether oxygens (including phenoxy) is 2. The van der Waals surface area contributed by atoms with Crippen molar-refractivity contribution >= 4 is 11.8 Å². The van der Waals surface area contributed by atoms with Gasteiger partial charge in [-0.15, -0.1) is 0 Å². The number of carbonyl (C=O) groups excluding carboxylic acids is 2. The highest BCUT2D eigenvalue weighted by Gasteiger charge is 2.51. The van der Waals surface area contributed by atoms with Crippen molar-refractivity contribution in [2.75, 3.05) is 53.6 Å². The molecule has 0 saturated carbocycles. The van der Waals surface area contributed by atoms with Gasteiger partial charge in [-0.05, 0) is 13.0 Å². The third-order valence-electron chi connectivity index (χ3n) is 4.42. The first-order chi connectivity index (χ1) is 10.9. The molecule has 2 saturated heterocycles. The van der Waals surface area contributed by atoms with Crippen LogP contribution in [0.15, 0.2) is 0 Å². The van der Waals surface area contributed by atoms with Crippen LogP contribution in [-0.4, -0.2) is 86.8 Å². The zero-order valence-corrected chi connectivity index (χ0v) is 14.6. The zero-order chi connectivity index (χ0) is 17.0. The van der Waals surface area contributed by atoms with Crippen LogP contribution < -0.4 is 5.32 Å². The van der Waals surface area contributed by atoms with Gasteiger partial charge in [0.25, 0.3) is 0 Å². The summed E-state index contributed by atoms with van der Waals surface area (Å²) >= 11 is 0. The van der Waals surface area contributed by atoms with Crippen LogP contribution in [0.4, 0.5) is 0 Å². The van der Waals surface area contributed by atoms with E-state index in [1.54, 1.807) is 7.11 Å². The molecular formula is C16H29N3O4. The monoisotopic (exact) mass is 327 g/mol. The average molecular weight is 327 g/mol. The van der Waals surface area contributed by atoms with E-state index < -0.39 is 0 Å². The number of nitrogens with one attached hydrogen (secondary N) is 1. The van der Waals surface area contributed by atoms with Crippen molar-refractivity contribution in [3.05, 3.63) is 0 Å². The number of amides is 2. The normalized spacial score (nSPS) is 23.9. The lowest BCUT2D eigenvalue weighted by Crippen LogP contribution is -2.73. The molecule has 132 valence electrons. The molecule has 7 nitrogen and oxygen atoms in total. The van der Waals surface area contributed by atoms with Crippen molar-refractivity contribution in [3.63, 3.8) is 0 Å². The fraction of sp³-hybridized carbons (Fsp3) is 0.875. The van der Waals surface area contributed by atoms with Crippen LogP contribution >= 0.6 is 0 Å². The predicted molar refractivity (Wildman–Crippen MR) is 86.0 cm³/mol. The Hall–Kier alpha value is -1.18. The molecule has 0 aliphatic carbocycles. The van der Waals surface area contributed by atoms with E-state index >= 15 is 0 Å². The maximum Gasteiger partial charge on any atom is 0.239 e. The maximum absolute atomic E-state index is 12.1. The van der Waals surface area contributed by atoms with Gasteiger partial charge in [-0.3, -0.25) is 14.5 Å². The van der Waals surface area contributed by atoms with Crippen LogP contribution in [0.25, 0.3) is 0 Å². The van der Waals surface area contributed by atoms with Gasteiger partial charge in [0.2, 0.25) is 11.8 Å². The Bertz CT molecular complexity index is 435. The first-order valence-electron chi connectivity index (χ1n) is 8.25. The van der Waals surface area contributed by atoms with E-state index in [1.165, 1.54) is 0 Å². The second kappa shape index (κ2) is 7.59. The Morgan fingerprint density at radius 1 is 1.35 bits per heavy atom. The highest BCUT2D eigenvalue weighted by Crippen LogP contribution is 2.31. The molecule has 0 bridgehead atoms. The second-order valence-corrected chi connectivity index (χ2v) is 7.06. The summed E-state index contributed by atoms with van der Waals surface area (Å²) in [6, 6.07) is -0.280. The van der Waals surface area contributed by atoms with E-state index in [9.17, 15) is 9.59 Å². The largest absolute Gasteiger partial charge is 0.383 e. The summed E-state index contributed by atoms with van der Waals surface area (Å²) in [5, 5.41) is 2.85. The molecule has 2 heterocycles. The topological polar surface area (TPSA) is 71.1 Å². The minimum Gasteiger partial charge on any atom is -0.383 e. The van der Waals surface area contributed by atoms with Crippen LogP contribution in [0.3, 0.4) is 0 Å². The molecule has 2 amide bonds. The van der Waals surface area contributed by atoms with Gasteiger partial charge in [0.05, 0.1) is 26.3 Å². The van der Waals surface area contributed by atoms with Gasteiger partial charge in [-0.25, -0.2) is 0 Å². The Labute approximate surface area is 138 Å². The molecule has 1 atom stereocenters. The lowest BCUT2D eigenvalue weighted by Gasteiger charge is -2.54. The van der Waals surface area contributed by atoms with Crippen molar-refractivity contribution in [3.8, 4) is 0 Å². The Balaban J connectivity index is 1.79. The first kappa shape index (κ1) is 18.2.